The van der Waals surface area contributed by atoms with Crippen molar-refractivity contribution in [3.05, 3.63) is 36.1 Å². The summed E-state index contributed by atoms with van der Waals surface area (Å²) < 4.78 is 44.2. The summed E-state index contributed by atoms with van der Waals surface area (Å²) in [5.41, 5.74) is -0.675. The van der Waals surface area contributed by atoms with E-state index < -0.39 is 48.3 Å². The Labute approximate surface area is 106 Å². The van der Waals surface area contributed by atoms with Crippen molar-refractivity contribution in [3.63, 3.8) is 0 Å². The van der Waals surface area contributed by atoms with Crippen LogP contribution in [0.15, 0.2) is 36.1 Å². The van der Waals surface area contributed by atoms with Gasteiger partial charge in [-0.1, -0.05) is 19.7 Å². The second-order valence-corrected chi connectivity index (χ2v) is 7.17. The summed E-state index contributed by atoms with van der Waals surface area (Å²) >= 11 is 0. The molecular formula is C10H12O6S2. The van der Waals surface area contributed by atoms with E-state index in [2.05, 4.69) is 19.7 Å². The Kier molecular flexibility index (Phi) is 5.37. The number of ketones is 2. The standard InChI is InChI=1S/C10H12O6S2/c1-4-17(13,14)6-9(11)8(3)10(12)7-18(15,16)5-2/h4-5H,1-3,6-7H2. The van der Waals surface area contributed by atoms with Crippen LogP contribution in [0.25, 0.3) is 0 Å². The summed E-state index contributed by atoms with van der Waals surface area (Å²) in [5.74, 6) is -4.04. The van der Waals surface area contributed by atoms with Crippen molar-refractivity contribution in [1.82, 2.24) is 0 Å². The van der Waals surface area contributed by atoms with E-state index in [4.69, 9.17) is 0 Å². The Bertz CT molecular complexity index is 553. The highest BCUT2D eigenvalue weighted by Gasteiger charge is 2.23. The lowest BCUT2D eigenvalue weighted by molar-refractivity contribution is -0.118. The number of hydrogen-bond donors (Lipinski definition) is 0. The normalized spacial score (nSPS) is 11.6. The zero-order valence-electron chi connectivity index (χ0n) is 9.46. The molecule has 0 aliphatic carbocycles. The first-order valence-electron chi connectivity index (χ1n) is 4.50. The van der Waals surface area contributed by atoms with E-state index in [0.29, 0.717) is 10.8 Å². The molecule has 0 unspecified atom stereocenters. The first-order valence-corrected chi connectivity index (χ1v) is 7.93. The highest BCUT2D eigenvalue weighted by molar-refractivity contribution is 7.95. The third kappa shape index (κ3) is 5.19. The SMILES string of the molecule is C=CS(=O)(=O)CC(=O)C(=C)C(=O)CS(=O)(=O)C=C. The summed E-state index contributed by atoms with van der Waals surface area (Å²) in [7, 11) is -7.63. The van der Waals surface area contributed by atoms with Crippen molar-refractivity contribution in [2.24, 2.45) is 0 Å². The lowest BCUT2D eigenvalue weighted by atomic mass is 10.1. The van der Waals surface area contributed by atoms with Crippen LogP contribution in [-0.2, 0) is 29.3 Å². The third-order valence-corrected chi connectivity index (χ3v) is 4.19. The van der Waals surface area contributed by atoms with Crippen LogP contribution in [0.5, 0.6) is 0 Å². The van der Waals surface area contributed by atoms with E-state index in [0.717, 1.165) is 0 Å². The fourth-order valence-electron chi connectivity index (χ4n) is 0.813. The van der Waals surface area contributed by atoms with Crippen LogP contribution in [0, 0.1) is 0 Å². The molecule has 0 N–H and O–H groups in total. The maximum Gasteiger partial charge on any atom is 0.181 e. The van der Waals surface area contributed by atoms with Crippen LogP contribution in [0.2, 0.25) is 0 Å². The lowest BCUT2D eigenvalue weighted by Gasteiger charge is -2.02. The lowest BCUT2D eigenvalue weighted by Crippen LogP contribution is -2.24. The number of Topliss-reactive ketones (excluding diaryl/α,β-unsaturated/α-hetero) is 2. The molecular weight excluding hydrogens is 280 g/mol. The van der Waals surface area contributed by atoms with Gasteiger partial charge in [0.05, 0.1) is 5.57 Å². The summed E-state index contributed by atoms with van der Waals surface area (Å²) in [6.07, 6.45) is 0. The molecule has 0 aliphatic rings. The Morgan fingerprint density at radius 2 is 1.11 bits per heavy atom. The molecule has 0 bridgehead atoms. The molecule has 0 saturated carbocycles. The van der Waals surface area contributed by atoms with E-state index in [-0.39, 0.29) is 0 Å². The van der Waals surface area contributed by atoms with Crippen LogP contribution in [0.3, 0.4) is 0 Å². The van der Waals surface area contributed by atoms with Crippen molar-refractivity contribution in [1.29, 1.82) is 0 Å². The van der Waals surface area contributed by atoms with Crippen molar-refractivity contribution in [2.45, 2.75) is 0 Å². The van der Waals surface area contributed by atoms with Gasteiger partial charge in [0, 0.05) is 10.8 Å². The minimum atomic E-state index is -3.81. The van der Waals surface area contributed by atoms with Crippen LogP contribution < -0.4 is 0 Å². The molecule has 0 saturated heterocycles. The van der Waals surface area contributed by atoms with E-state index in [1.807, 2.05) is 0 Å². The van der Waals surface area contributed by atoms with Crippen LogP contribution in [0.4, 0.5) is 0 Å². The minimum absolute atomic E-state index is 0.573. The molecule has 0 aromatic heterocycles. The molecule has 0 heterocycles. The monoisotopic (exact) mass is 292 g/mol. The summed E-state index contributed by atoms with van der Waals surface area (Å²) in [5, 5.41) is 1.15. The quantitative estimate of drug-likeness (QED) is 0.348. The van der Waals surface area contributed by atoms with E-state index in [1.54, 1.807) is 0 Å². The van der Waals surface area contributed by atoms with Gasteiger partial charge in [0.1, 0.15) is 11.5 Å². The molecule has 100 valence electrons. The molecule has 0 aromatic rings. The predicted molar refractivity (Wildman–Crippen MR) is 67.1 cm³/mol. The number of sulfone groups is 2. The highest BCUT2D eigenvalue weighted by Crippen LogP contribution is 2.04. The zero-order valence-corrected chi connectivity index (χ0v) is 11.1. The Morgan fingerprint density at radius 3 is 1.33 bits per heavy atom. The molecule has 0 spiro atoms. The zero-order chi connectivity index (χ0) is 14.6. The summed E-state index contributed by atoms with van der Waals surface area (Å²) in [6.45, 7) is 9.09. The molecule has 0 aliphatic heterocycles. The number of rotatable bonds is 8. The number of carbonyl (C=O) groups is 2. The van der Waals surface area contributed by atoms with Crippen molar-refractivity contribution in [3.8, 4) is 0 Å². The topological polar surface area (TPSA) is 102 Å². The average molecular weight is 292 g/mol. The number of allylic oxidation sites excluding steroid dienone is 1. The van der Waals surface area contributed by atoms with Crippen LogP contribution in [0.1, 0.15) is 0 Å². The van der Waals surface area contributed by atoms with Gasteiger partial charge in [-0.25, -0.2) is 16.8 Å². The molecule has 0 radical (unpaired) electrons. The van der Waals surface area contributed by atoms with Crippen molar-refractivity contribution in [2.75, 3.05) is 11.5 Å². The van der Waals surface area contributed by atoms with E-state index in [9.17, 15) is 26.4 Å². The Balaban J connectivity index is 4.89. The number of carbonyl (C=O) groups excluding carboxylic acids is 2. The van der Waals surface area contributed by atoms with Gasteiger partial charge in [0.25, 0.3) is 0 Å². The van der Waals surface area contributed by atoms with Gasteiger partial charge < -0.3 is 0 Å². The maximum absolute atomic E-state index is 11.4. The third-order valence-electron chi connectivity index (χ3n) is 1.85. The maximum atomic E-state index is 11.4. The molecule has 0 amide bonds. The van der Waals surface area contributed by atoms with Gasteiger partial charge in [-0.05, 0) is 0 Å². The molecule has 0 fully saturated rings. The average Bonchev–Trinajstić information content (AvgIpc) is 2.26. The van der Waals surface area contributed by atoms with E-state index in [1.165, 1.54) is 0 Å². The summed E-state index contributed by atoms with van der Waals surface area (Å²) in [6, 6.07) is 0. The first kappa shape index (κ1) is 16.5. The molecule has 18 heavy (non-hydrogen) atoms. The minimum Gasteiger partial charge on any atom is -0.293 e. The molecule has 8 heteroatoms. The van der Waals surface area contributed by atoms with Gasteiger partial charge >= 0.3 is 0 Å². The largest absolute Gasteiger partial charge is 0.293 e. The van der Waals surface area contributed by atoms with E-state index >= 15 is 0 Å². The van der Waals surface area contributed by atoms with Crippen molar-refractivity contribution < 1.29 is 26.4 Å². The van der Waals surface area contributed by atoms with Gasteiger partial charge in [0.15, 0.2) is 31.2 Å². The summed E-state index contributed by atoms with van der Waals surface area (Å²) in [4.78, 5) is 22.7. The fraction of sp³-hybridized carbons (Fsp3) is 0.200. The Hall–Kier alpha value is -1.54. The van der Waals surface area contributed by atoms with Crippen LogP contribution >= 0.6 is 0 Å². The first-order chi connectivity index (χ1) is 8.04. The second kappa shape index (κ2) is 5.87. The smallest absolute Gasteiger partial charge is 0.181 e. The second-order valence-electron chi connectivity index (χ2n) is 3.27. The fourth-order valence-corrected chi connectivity index (χ4v) is 2.13. The number of hydrogen-bond acceptors (Lipinski definition) is 6. The molecule has 0 aromatic carbocycles. The highest BCUT2D eigenvalue weighted by atomic mass is 32.2. The van der Waals surface area contributed by atoms with Gasteiger partial charge in [-0.3, -0.25) is 9.59 Å². The van der Waals surface area contributed by atoms with Crippen molar-refractivity contribution >= 4 is 31.2 Å². The predicted octanol–water partition coefficient (Wildman–Crippen LogP) is -0.203. The van der Waals surface area contributed by atoms with Crippen LogP contribution in [-0.4, -0.2) is 39.9 Å². The molecule has 0 atom stereocenters. The molecule has 0 rings (SSSR count). The van der Waals surface area contributed by atoms with Gasteiger partial charge in [-0.2, -0.15) is 0 Å². The molecule has 6 nitrogen and oxygen atoms in total. The van der Waals surface area contributed by atoms with Gasteiger partial charge in [-0.15, -0.1) is 0 Å². The van der Waals surface area contributed by atoms with Gasteiger partial charge in [0.2, 0.25) is 0 Å². The Morgan fingerprint density at radius 1 is 0.833 bits per heavy atom.